The van der Waals surface area contributed by atoms with Gasteiger partial charge in [-0.05, 0) is 85.7 Å². The van der Waals surface area contributed by atoms with Crippen LogP contribution in [0, 0.1) is 0 Å². The summed E-state index contributed by atoms with van der Waals surface area (Å²) in [5.41, 5.74) is 1.04. The van der Waals surface area contributed by atoms with Gasteiger partial charge in [-0.2, -0.15) is 0 Å². The second-order valence-corrected chi connectivity index (χ2v) is 11.9. The van der Waals surface area contributed by atoms with Gasteiger partial charge in [0.1, 0.15) is 10.1 Å². The van der Waals surface area contributed by atoms with Crippen molar-refractivity contribution >= 4 is 31.7 Å². The molecule has 0 aromatic heterocycles. The van der Waals surface area contributed by atoms with Gasteiger partial charge in [0, 0.05) is 11.6 Å². The van der Waals surface area contributed by atoms with Crippen LogP contribution in [0.1, 0.15) is 37.8 Å². The molecule has 0 saturated carbocycles. The molecule has 2 N–H and O–H groups in total. The van der Waals surface area contributed by atoms with Crippen LogP contribution in [0.25, 0.3) is 11.1 Å². The van der Waals surface area contributed by atoms with E-state index in [1.54, 1.807) is 32.0 Å². The molecule has 0 spiro atoms. The minimum Gasteiger partial charge on any atom is -0.744 e. The molecule has 11 heteroatoms. The molecule has 2 aliphatic carbocycles. The number of hydrogen-bond acceptors (Lipinski definition) is 6. The number of sulfonamides is 1. The Morgan fingerprint density at radius 1 is 0.941 bits per heavy atom. The summed E-state index contributed by atoms with van der Waals surface area (Å²) in [6, 6.07) is 13.8. The average Bonchev–Trinajstić information content (AvgIpc) is 2.90. The second-order valence-electron chi connectivity index (χ2n) is 8.31. The second kappa shape index (κ2) is 11.4. The quantitative estimate of drug-likeness (QED) is 0.239. The minimum absolute atomic E-state index is 0. The van der Waals surface area contributed by atoms with Crippen LogP contribution in [0.4, 0.5) is 0 Å². The summed E-state index contributed by atoms with van der Waals surface area (Å²) < 4.78 is 62.6. The van der Waals surface area contributed by atoms with Crippen molar-refractivity contribution in [2.24, 2.45) is 0 Å². The van der Waals surface area contributed by atoms with Crippen LogP contribution in [0.5, 0.6) is 0 Å². The van der Waals surface area contributed by atoms with Gasteiger partial charge in [-0.1, -0.05) is 35.9 Å². The Morgan fingerprint density at radius 3 is 2.09 bits per heavy atom. The first kappa shape index (κ1) is 29.2. The molecule has 3 rings (SSSR count). The summed E-state index contributed by atoms with van der Waals surface area (Å²) >= 11 is 5.79. The van der Waals surface area contributed by atoms with Crippen molar-refractivity contribution in [2.75, 3.05) is 6.54 Å². The van der Waals surface area contributed by atoms with Crippen LogP contribution in [0.2, 0.25) is 5.02 Å². The number of nitrogens with one attached hydrogen (secondary N) is 1. The zero-order valence-electron chi connectivity index (χ0n) is 19.2. The van der Waals surface area contributed by atoms with Crippen LogP contribution in [-0.2, 0) is 32.2 Å². The van der Waals surface area contributed by atoms with Crippen LogP contribution in [-0.4, -0.2) is 33.0 Å². The Morgan fingerprint density at radius 2 is 1.53 bits per heavy atom. The average molecular weight is 534 g/mol. The molecular weight excluding hydrogens is 509 g/mol. The first-order valence-electron chi connectivity index (χ1n) is 10.3. The molecule has 0 amide bonds. The van der Waals surface area contributed by atoms with E-state index in [9.17, 15) is 26.5 Å². The van der Waals surface area contributed by atoms with Gasteiger partial charge in [-0.3, -0.25) is 0 Å². The summed E-state index contributed by atoms with van der Waals surface area (Å²) in [5.74, 6) is 0. The normalized spacial score (nSPS) is 12.5. The van der Waals surface area contributed by atoms with Gasteiger partial charge < -0.3 is 9.66 Å². The monoisotopic (exact) mass is 533 g/mol. The molecule has 0 atom stereocenters. The van der Waals surface area contributed by atoms with E-state index in [0.717, 1.165) is 0 Å². The van der Waals surface area contributed by atoms with Crippen molar-refractivity contribution in [2.45, 2.75) is 48.5 Å². The van der Waals surface area contributed by atoms with Crippen LogP contribution >= 0.6 is 11.6 Å². The standard InChI is InChI=1S/C23H26ClNO6S2.Na/c1-23(2,26)17-6-12-20-16(15-22(33(29,30)31)21(20)13-7-17)5-3-4-14-25-32(27,28)19-10-8-18(24)9-11-19;/h6-13,15,25-26H,3-5,14H2,1-2H3,(H,29,30,31);/q;+1/p-1. The molecule has 0 heterocycles. The maximum Gasteiger partial charge on any atom is 1.00 e. The number of aliphatic hydroxyl groups is 1. The summed E-state index contributed by atoms with van der Waals surface area (Å²) in [6.45, 7) is 3.43. The van der Waals surface area contributed by atoms with Crippen molar-refractivity contribution < 1.29 is 56.1 Å². The van der Waals surface area contributed by atoms with E-state index >= 15 is 0 Å². The SMILES string of the molecule is CC(C)(O)c1ccc2c(CCCCNS(=O)(=O)c3ccc(Cl)cc3)cc(S(=O)(=O)[O-])c-2cc1.[Na+]. The predicted molar refractivity (Wildman–Crippen MR) is 126 cm³/mol. The van der Waals surface area contributed by atoms with E-state index in [0.29, 0.717) is 46.5 Å². The predicted octanol–water partition coefficient (Wildman–Crippen LogP) is 0.881. The Labute approximate surface area is 228 Å². The van der Waals surface area contributed by atoms with Crippen LogP contribution < -0.4 is 34.3 Å². The van der Waals surface area contributed by atoms with Crippen molar-refractivity contribution in [3.63, 3.8) is 0 Å². The van der Waals surface area contributed by atoms with Gasteiger partial charge in [0.05, 0.1) is 15.4 Å². The fourth-order valence-corrected chi connectivity index (χ4v) is 5.49. The van der Waals surface area contributed by atoms with Gasteiger partial charge in [-0.25, -0.2) is 21.6 Å². The van der Waals surface area contributed by atoms with Gasteiger partial charge >= 0.3 is 29.6 Å². The molecule has 178 valence electrons. The van der Waals surface area contributed by atoms with Gasteiger partial charge in [0.2, 0.25) is 10.0 Å². The van der Waals surface area contributed by atoms with Crippen LogP contribution in [0.3, 0.4) is 0 Å². The molecule has 0 bridgehead atoms. The van der Waals surface area contributed by atoms with Crippen molar-refractivity contribution in [3.8, 4) is 11.1 Å². The maximum absolute atomic E-state index is 12.3. The van der Waals surface area contributed by atoms with Gasteiger partial charge in [0.15, 0.2) is 0 Å². The van der Waals surface area contributed by atoms with Crippen molar-refractivity contribution in [1.82, 2.24) is 4.72 Å². The molecule has 34 heavy (non-hydrogen) atoms. The third kappa shape index (κ3) is 7.25. The third-order valence-electron chi connectivity index (χ3n) is 5.33. The number of unbranched alkanes of at least 4 members (excludes halogenated alkanes) is 1. The van der Waals surface area contributed by atoms with Crippen molar-refractivity contribution in [3.05, 3.63) is 70.7 Å². The molecule has 0 aliphatic heterocycles. The minimum atomic E-state index is -4.69. The van der Waals surface area contributed by atoms with E-state index in [1.165, 1.54) is 36.4 Å². The zero-order valence-corrected chi connectivity index (χ0v) is 23.6. The molecule has 1 aromatic carbocycles. The molecule has 0 radical (unpaired) electrons. The molecule has 7 nitrogen and oxygen atoms in total. The van der Waals surface area contributed by atoms with E-state index in [-0.39, 0.29) is 45.9 Å². The maximum atomic E-state index is 12.3. The number of rotatable bonds is 9. The van der Waals surface area contributed by atoms with Crippen molar-refractivity contribution in [1.29, 1.82) is 0 Å². The fraction of sp³-hybridized carbons (Fsp3) is 0.304. The Bertz CT molecular complexity index is 1320. The van der Waals surface area contributed by atoms with E-state index < -0.39 is 25.7 Å². The topological polar surface area (TPSA) is 124 Å². The van der Waals surface area contributed by atoms with Gasteiger partial charge in [-0.15, -0.1) is 0 Å². The summed E-state index contributed by atoms with van der Waals surface area (Å²) in [5, 5.41) is 10.7. The largest absolute Gasteiger partial charge is 1.00 e. The fourth-order valence-electron chi connectivity index (χ4n) is 3.56. The molecule has 0 unspecified atom stereocenters. The molecule has 1 aromatic rings. The van der Waals surface area contributed by atoms with E-state index in [1.807, 2.05) is 0 Å². The van der Waals surface area contributed by atoms with Crippen LogP contribution in [0.15, 0.2) is 64.4 Å². The van der Waals surface area contributed by atoms with E-state index in [4.69, 9.17) is 11.6 Å². The zero-order chi connectivity index (χ0) is 24.4. The molecule has 0 saturated heterocycles. The molecule has 2 aliphatic rings. The van der Waals surface area contributed by atoms with Gasteiger partial charge in [0.25, 0.3) is 0 Å². The number of hydrogen-bond donors (Lipinski definition) is 2. The number of halogens is 1. The first-order valence-corrected chi connectivity index (χ1v) is 13.6. The molecular formula is C23H25ClNNaO6S2. The number of benzene rings is 1. The smallest absolute Gasteiger partial charge is 0.744 e. The number of fused-ring (bicyclic) bond motifs is 1. The number of aryl methyl sites for hydroxylation is 1. The summed E-state index contributed by atoms with van der Waals surface area (Å²) in [6.07, 6.45) is 1.53. The summed E-state index contributed by atoms with van der Waals surface area (Å²) in [7, 11) is -8.34. The Kier molecular flexibility index (Phi) is 9.77. The first-order chi connectivity index (χ1) is 15.3. The molecule has 0 fully saturated rings. The third-order valence-corrected chi connectivity index (χ3v) is 7.94. The Balaban J connectivity index is 0.00000408. The van der Waals surface area contributed by atoms with E-state index in [2.05, 4.69) is 4.72 Å². The summed E-state index contributed by atoms with van der Waals surface area (Å²) in [4.78, 5) is -0.178. The Hall–Kier alpha value is -1.01.